The van der Waals surface area contributed by atoms with Gasteiger partial charge in [0.05, 0.1) is 13.7 Å². The maximum atomic E-state index is 15.2. The van der Waals surface area contributed by atoms with Crippen LogP contribution in [0.3, 0.4) is 0 Å². The number of hydrogen-bond acceptors (Lipinski definition) is 5. The lowest BCUT2D eigenvalue weighted by atomic mass is 9.87. The summed E-state index contributed by atoms with van der Waals surface area (Å²) in [5.41, 5.74) is 5.53. The summed E-state index contributed by atoms with van der Waals surface area (Å²) in [7, 11) is -0.303. The molecule has 0 bridgehead atoms. The van der Waals surface area contributed by atoms with Crippen molar-refractivity contribution in [2.75, 3.05) is 26.4 Å². The van der Waals surface area contributed by atoms with E-state index in [1.165, 1.54) is 23.8 Å². The molecule has 3 rings (SSSR count). The van der Waals surface area contributed by atoms with Gasteiger partial charge >= 0.3 is 0 Å². The molecule has 0 aromatic heterocycles. The van der Waals surface area contributed by atoms with Gasteiger partial charge in [0.25, 0.3) is 0 Å². The Hall–Kier alpha value is -2.50. The van der Waals surface area contributed by atoms with Gasteiger partial charge < -0.3 is 24.6 Å². The molecular weight excluding hydrogens is 488 g/mol. The minimum Gasteiger partial charge on any atom is -0.494 e. The lowest BCUT2D eigenvalue weighted by Gasteiger charge is -2.20. The number of halogens is 1. The average Bonchev–Trinajstić information content (AvgIpc) is 2.88. The van der Waals surface area contributed by atoms with Crippen molar-refractivity contribution in [3.8, 4) is 11.5 Å². The molecule has 0 aliphatic heterocycles. The Morgan fingerprint density at radius 3 is 2.41 bits per heavy atom. The van der Waals surface area contributed by atoms with E-state index in [1.807, 2.05) is 36.4 Å². The first kappa shape index (κ1) is 29.1. The molecule has 3 N–H and O–H groups in total. The van der Waals surface area contributed by atoms with Gasteiger partial charge in [-0.1, -0.05) is 42.5 Å². The van der Waals surface area contributed by atoms with Crippen LogP contribution in [0.1, 0.15) is 53.0 Å². The lowest BCUT2D eigenvalue weighted by Crippen LogP contribution is -2.15. The maximum absolute atomic E-state index is 15.2. The van der Waals surface area contributed by atoms with Crippen molar-refractivity contribution in [2.24, 2.45) is 0 Å². The SMILES string of the molecule is COc1cccc(C(CCCOc2ccc(CNCCCP(O)O)cc2)Cc2ccc(C)c(C)c2)c1F. The van der Waals surface area contributed by atoms with Gasteiger partial charge in [-0.2, -0.15) is 0 Å². The Morgan fingerprint density at radius 1 is 0.946 bits per heavy atom. The van der Waals surface area contributed by atoms with Crippen LogP contribution in [0.2, 0.25) is 0 Å². The molecule has 0 spiro atoms. The molecule has 0 aliphatic carbocycles. The second kappa shape index (κ2) is 15.0. The number of rotatable bonds is 15. The summed E-state index contributed by atoms with van der Waals surface area (Å²) in [5, 5.41) is 3.30. The van der Waals surface area contributed by atoms with Gasteiger partial charge in [0, 0.05) is 12.7 Å². The fraction of sp³-hybridized carbons (Fsp3) is 0.400. The van der Waals surface area contributed by atoms with E-state index in [4.69, 9.17) is 19.3 Å². The van der Waals surface area contributed by atoms with Gasteiger partial charge in [-0.05, 0) is 98.0 Å². The fourth-order valence-corrected chi connectivity index (χ4v) is 4.83. The first-order valence-electron chi connectivity index (χ1n) is 12.8. The van der Waals surface area contributed by atoms with Crippen molar-refractivity contribution in [3.05, 3.63) is 94.3 Å². The molecule has 3 aromatic rings. The molecule has 0 saturated heterocycles. The first-order valence-corrected chi connectivity index (χ1v) is 14.3. The molecule has 0 fully saturated rings. The van der Waals surface area contributed by atoms with E-state index in [9.17, 15) is 0 Å². The van der Waals surface area contributed by atoms with Crippen LogP contribution in [0.25, 0.3) is 0 Å². The number of methoxy groups -OCH3 is 1. The molecule has 3 aromatic carbocycles. The smallest absolute Gasteiger partial charge is 0.168 e. The molecule has 0 radical (unpaired) electrons. The van der Waals surface area contributed by atoms with E-state index < -0.39 is 8.38 Å². The average molecular weight is 528 g/mol. The molecule has 5 nitrogen and oxygen atoms in total. The Bertz CT molecular complexity index is 1110. The Morgan fingerprint density at radius 2 is 1.70 bits per heavy atom. The molecule has 0 aliphatic rings. The third kappa shape index (κ3) is 9.39. The minimum atomic E-state index is -1.80. The van der Waals surface area contributed by atoms with Gasteiger partial charge in [0.15, 0.2) is 19.9 Å². The summed E-state index contributed by atoms with van der Waals surface area (Å²) < 4.78 is 26.4. The molecular formula is C30H39FNO4P. The van der Waals surface area contributed by atoms with Crippen molar-refractivity contribution in [3.63, 3.8) is 0 Å². The molecule has 0 heterocycles. The summed E-state index contributed by atoms with van der Waals surface area (Å²) in [6, 6.07) is 19.8. The summed E-state index contributed by atoms with van der Waals surface area (Å²) >= 11 is 0. The van der Waals surface area contributed by atoms with E-state index in [-0.39, 0.29) is 17.5 Å². The zero-order valence-corrected chi connectivity index (χ0v) is 22.9. The summed E-state index contributed by atoms with van der Waals surface area (Å²) in [6.45, 7) is 6.23. The van der Waals surface area contributed by atoms with Crippen molar-refractivity contribution in [2.45, 2.75) is 52.0 Å². The Kier molecular flexibility index (Phi) is 11.8. The van der Waals surface area contributed by atoms with Gasteiger partial charge in [-0.3, -0.25) is 0 Å². The molecule has 37 heavy (non-hydrogen) atoms. The number of hydrogen-bond donors (Lipinski definition) is 3. The predicted molar refractivity (Wildman–Crippen MR) is 149 cm³/mol. The number of nitrogens with one attached hydrogen (secondary N) is 1. The van der Waals surface area contributed by atoms with E-state index in [1.54, 1.807) is 6.07 Å². The lowest BCUT2D eigenvalue weighted by molar-refractivity contribution is 0.300. The third-order valence-corrected chi connectivity index (χ3v) is 7.35. The van der Waals surface area contributed by atoms with Crippen LogP contribution >= 0.6 is 8.38 Å². The molecule has 200 valence electrons. The highest BCUT2D eigenvalue weighted by molar-refractivity contribution is 7.45. The van der Waals surface area contributed by atoms with E-state index in [0.717, 1.165) is 50.1 Å². The Labute approximate surface area is 221 Å². The fourth-order valence-electron chi connectivity index (χ4n) is 4.38. The monoisotopic (exact) mass is 527 g/mol. The summed E-state index contributed by atoms with van der Waals surface area (Å²) in [6.07, 6.45) is 3.52. The molecule has 7 heteroatoms. The molecule has 1 unspecified atom stereocenters. The normalized spacial score (nSPS) is 12.1. The topological polar surface area (TPSA) is 71.0 Å². The molecule has 0 saturated carbocycles. The van der Waals surface area contributed by atoms with Crippen LogP contribution in [0.5, 0.6) is 11.5 Å². The van der Waals surface area contributed by atoms with E-state index >= 15 is 4.39 Å². The standard InChI is InChI=1S/C30H39FNO4P/c1-22-10-11-25(19-23(22)2)20-26(28-8-4-9-29(35-3)30(28)31)7-5-17-36-27-14-12-24(13-15-27)21-32-16-6-18-37(33)34/h4,8-15,19,26,32-34H,5-7,16-18,20-21H2,1-3H3. The van der Waals surface area contributed by atoms with E-state index in [0.29, 0.717) is 18.3 Å². The zero-order valence-electron chi connectivity index (χ0n) is 22.0. The quantitative estimate of drug-likeness (QED) is 0.157. The van der Waals surface area contributed by atoms with Crippen molar-refractivity contribution < 1.29 is 23.7 Å². The molecule has 0 amide bonds. The minimum absolute atomic E-state index is 0.0162. The van der Waals surface area contributed by atoms with Gasteiger partial charge in [-0.25, -0.2) is 4.39 Å². The summed E-state index contributed by atoms with van der Waals surface area (Å²) in [4.78, 5) is 17.9. The maximum Gasteiger partial charge on any atom is 0.168 e. The van der Waals surface area contributed by atoms with E-state index in [2.05, 4.69) is 37.4 Å². The second-order valence-electron chi connectivity index (χ2n) is 9.44. The van der Waals surface area contributed by atoms with Gasteiger partial charge in [0.2, 0.25) is 0 Å². The van der Waals surface area contributed by atoms with Crippen LogP contribution in [-0.4, -0.2) is 36.2 Å². The summed E-state index contributed by atoms with van der Waals surface area (Å²) in [5.74, 6) is 0.827. The largest absolute Gasteiger partial charge is 0.494 e. The molecule has 1 atom stereocenters. The number of ether oxygens (including phenoxy) is 2. The van der Waals surface area contributed by atoms with Crippen molar-refractivity contribution >= 4 is 8.38 Å². The number of aryl methyl sites for hydroxylation is 2. The van der Waals surface area contributed by atoms with Crippen LogP contribution in [0.15, 0.2) is 60.7 Å². The second-order valence-corrected chi connectivity index (χ2v) is 10.6. The highest BCUT2D eigenvalue weighted by Crippen LogP contribution is 2.32. The van der Waals surface area contributed by atoms with Crippen LogP contribution in [0.4, 0.5) is 4.39 Å². The predicted octanol–water partition coefficient (Wildman–Crippen LogP) is 6.41. The Balaban J connectivity index is 1.55. The zero-order chi connectivity index (χ0) is 26.6. The highest BCUT2D eigenvalue weighted by Gasteiger charge is 2.19. The van der Waals surface area contributed by atoms with Crippen molar-refractivity contribution in [1.82, 2.24) is 5.32 Å². The third-order valence-electron chi connectivity index (χ3n) is 6.64. The van der Waals surface area contributed by atoms with Crippen LogP contribution < -0.4 is 14.8 Å². The van der Waals surface area contributed by atoms with Crippen LogP contribution in [-0.2, 0) is 13.0 Å². The van der Waals surface area contributed by atoms with Gasteiger partial charge in [-0.15, -0.1) is 0 Å². The van der Waals surface area contributed by atoms with Crippen LogP contribution in [0, 0.1) is 19.7 Å². The number of benzene rings is 3. The van der Waals surface area contributed by atoms with Gasteiger partial charge in [0.1, 0.15) is 5.75 Å². The highest BCUT2D eigenvalue weighted by atomic mass is 31.2. The van der Waals surface area contributed by atoms with Crippen molar-refractivity contribution in [1.29, 1.82) is 0 Å². The first-order chi connectivity index (χ1) is 17.9.